The predicted octanol–water partition coefficient (Wildman–Crippen LogP) is 2.31. The van der Waals surface area contributed by atoms with Crippen molar-refractivity contribution in [3.8, 4) is 5.75 Å². The highest BCUT2D eigenvalue weighted by molar-refractivity contribution is 5.85. The van der Waals surface area contributed by atoms with Crippen molar-refractivity contribution in [2.75, 3.05) is 26.2 Å². The molecule has 0 bridgehead atoms. The van der Waals surface area contributed by atoms with Crippen LogP contribution in [-0.4, -0.2) is 43.1 Å². The molecular formula is C16H25ClN2O2. The molecule has 1 heterocycles. The van der Waals surface area contributed by atoms with Crippen molar-refractivity contribution in [3.05, 3.63) is 29.3 Å². The van der Waals surface area contributed by atoms with E-state index in [2.05, 4.69) is 18.3 Å². The number of carbonyl (C=O) groups excluding carboxylic acids is 1. The highest BCUT2D eigenvalue weighted by Gasteiger charge is 2.22. The summed E-state index contributed by atoms with van der Waals surface area (Å²) in [5, 5.41) is 3.29. The molecule has 5 heteroatoms. The van der Waals surface area contributed by atoms with Crippen molar-refractivity contribution in [2.24, 2.45) is 0 Å². The molecule has 1 aliphatic rings. The Labute approximate surface area is 133 Å². The van der Waals surface area contributed by atoms with Crippen LogP contribution in [0.25, 0.3) is 0 Å². The molecule has 1 aliphatic heterocycles. The number of carbonyl (C=O) groups is 1. The zero-order chi connectivity index (χ0) is 14.5. The van der Waals surface area contributed by atoms with Crippen LogP contribution in [0.3, 0.4) is 0 Å². The SMILES string of the molecule is Cc1ccc(C)c(OCCC(=O)N2CCNC[C@@H]2C)c1.Cl. The summed E-state index contributed by atoms with van der Waals surface area (Å²) in [4.78, 5) is 14.1. The van der Waals surface area contributed by atoms with Gasteiger partial charge in [0.2, 0.25) is 5.91 Å². The smallest absolute Gasteiger partial charge is 0.226 e. The van der Waals surface area contributed by atoms with E-state index < -0.39 is 0 Å². The van der Waals surface area contributed by atoms with Crippen molar-refractivity contribution in [1.82, 2.24) is 10.2 Å². The fourth-order valence-corrected chi connectivity index (χ4v) is 2.47. The number of nitrogens with zero attached hydrogens (tertiary/aromatic N) is 1. The molecule has 0 aromatic heterocycles. The Morgan fingerprint density at radius 1 is 1.43 bits per heavy atom. The summed E-state index contributed by atoms with van der Waals surface area (Å²) >= 11 is 0. The first kappa shape index (κ1) is 17.8. The third kappa shape index (κ3) is 4.90. The molecule has 4 nitrogen and oxygen atoms in total. The van der Waals surface area contributed by atoms with Crippen LogP contribution in [0.1, 0.15) is 24.5 Å². The van der Waals surface area contributed by atoms with Crippen LogP contribution >= 0.6 is 12.4 Å². The Bertz CT molecular complexity index is 479. The number of hydrogen-bond donors (Lipinski definition) is 1. The summed E-state index contributed by atoms with van der Waals surface area (Å²) in [5.41, 5.74) is 2.28. The molecule has 0 saturated carbocycles. The van der Waals surface area contributed by atoms with Crippen molar-refractivity contribution >= 4 is 18.3 Å². The first-order valence-corrected chi connectivity index (χ1v) is 7.28. The van der Waals surface area contributed by atoms with Crippen molar-refractivity contribution in [3.63, 3.8) is 0 Å². The molecule has 1 atom stereocenters. The minimum atomic E-state index is 0. The van der Waals surface area contributed by atoms with Gasteiger partial charge in [0.1, 0.15) is 5.75 Å². The van der Waals surface area contributed by atoms with E-state index in [0.717, 1.165) is 30.9 Å². The fourth-order valence-electron chi connectivity index (χ4n) is 2.47. The molecule has 1 amide bonds. The summed E-state index contributed by atoms with van der Waals surface area (Å²) in [6, 6.07) is 6.41. The van der Waals surface area contributed by atoms with E-state index in [1.807, 2.05) is 30.9 Å². The number of rotatable bonds is 4. The van der Waals surface area contributed by atoms with E-state index in [0.29, 0.717) is 13.0 Å². The maximum Gasteiger partial charge on any atom is 0.226 e. The van der Waals surface area contributed by atoms with Gasteiger partial charge in [-0.05, 0) is 38.0 Å². The maximum absolute atomic E-state index is 12.2. The van der Waals surface area contributed by atoms with Crippen LogP contribution in [-0.2, 0) is 4.79 Å². The minimum Gasteiger partial charge on any atom is -0.493 e. The summed E-state index contributed by atoms with van der Waals surface area (Å²) in [6.07, 6.45) is 0.442. The van der Waals surface area contributed by atoms with Crippen LogP contribution in [0.2, 0.25) is 0 Å². The minimum absolute atomic E-state index is 0. The van der Waals surface area contributed by atoms with E-state index in [9.17, 15) is 4.79 Å². The second-order valence-corrected chi connectivity index (χ2v) is 5.51. The molecule has 118 valence electrons. The lowest BCUT2D eigenvalue weighted by atomic mass is 10.1. The number of piperazine rings is 1. The lowest BCUT2D eigenvalue weighted by Gasteiger charge is -2.34. The van der Waals surface area contributed by atoms with Crippen LogP contribution in [0.4, 0.5) is 0 Å². The van der Waals surface area contributed by atoms with Crippen LogP contribution < -0.4 is 10.1 Å². The number of hydrogen-bond acceptors (Lipinski definition) is 3. The molecule has 0 aliphatic carbocycles. The third-order valence-corrected chi connectivity index (χ3v) is 3.74. The monoisotopic (exact) mass is 312 g/mol. The molecule has 0 spiro atoms. The van der Waals surface area contributed by atoms with E-state index in [1.54, 1.807) is 0 Å². The third-order valence-electron chi connectivity index (χ3n) is 3.74. The molecular weight excluding hydrogens is 288 g/mol. The van der Waals surface area contributed by atoms with Gasteiger partial charge in [-0.15, -0.1) is 12.4 Å². The zero-order valence-electron chi connectivity index (χ0n) is 13.0. The lowest BCUT2D eigenvalue weighted by molar-refractivity contribution is -0.134. The van der Waals surface area contributed by atoms with Gasteiger partial charge < -0.3 is 15.0 Å². The second kappa shape index (κ2) is 8.25. The quantitative estimate of drug-likeness (QED) is 0.927. The van der Waals surface area contributed by atoms with E-state index in [-0.39, 0.29) is 24.4 Å². The van der Waals surface area contributed by atoms with Gasteiger partial charge in [-0.2, -0.15) is 0 Å². The molecule has 1 fully saturated rings. The predicted molar refractivity (Wildman–Crippen MR) is 87.3 cm³/mol. The van der Waals surface area contributed by atoms with Gasteiger partial charge >= 0.3 is 0 Å². The van der Waals surface area contributed by atoms with E-state index in [4.69, 9.17) is 4.74 Å². The van der Waals surface area contributed by atoms with Crippen LogP contribution in [0, 0.1) is 13.8 Å². The molecule has 1 N–H and O–H groups in total. The normalized spacial score (nSPS) is 18.0. The maximum atomic E-state index is 12.2. The number of aryl methyl sites for hydroxylation is 2. The highest BCUT2D eigenvalue weighted by Crippen LogP contribution is 2.19. The standard InChI is InChI=1S/C16H24N2O2.ClH/c1-12-4-5-13(2)15(10-12)20-9-6-16(19)18-8-7-17-11-14(18)3;/h4-5,10,14,17H,6-9,11H2,1-3H3;1H/t14-;/m0./s1. The number of ether oxygens (including phenoxy) is 1. The molecule has 21 heavy (non-hydrogen) atoms. The topological polar surface area (TPSA) is 41.6 Å². The number of amides is 1. The highest BCUT2D eigenvalue weighted by atomic mass is 35.5. The van der Waals surface area contributed by atoms with Gasteiger partial charge in [-0.3, -0.25) is 4.79 Å². The largest absolute Gasteiger partial charge is 0.493 e. The first-order valence-electron chi connectivity index (χ1n) is 7.28. The summed E-state index contributed by atoms with van der Waals surface area (Å²) in [7, 11) is 0. The van der Waals surface area contributed by atoms with Crippen LogP contribution in [0.15, 0.2) is 18.2 Å². The Morgan fingerprint density at radius 3 is 2.90 bits per heavy atom. The second-order valence-electron chi connectivity index (χ2n) is 5.51. The Hall–Kier alpha value is -1.26. The van der Waals surface area contributed by atoms with Gasteiger partial charge in [0.15, 0.2) is 0 Å². The van der Waals surface area contributed by atoms with Gasteiger partial charge in [-0.1, -0.05) is 12.1 Å². The summed E-state index contributed by atoms with van der Waals surface area (Å²) in [5.74, 6) is 1.07. The lowest BCUT2D eigenvalue weighted by Crippen LogP contribution is -2.52. The molecule has 1 saturated heterocycles. The Kier molecular flexibility index (Phi) is 6.99. The molecule has 1 aromatic rings. The number of nitrogens with one attached hydrogen (secondary N) is 1. The molecule has 1 aromatic carbocycles. The fraction of sp³-hybridized carbons (Fsp3) is 0.562. The van der Waals surface area contributed by atoms with Crippen molar-refractivity contribution in [1.29, 1.82) is 0 Å². The van der Waals surface area contributed by atoms with Gasteiger partial charge in [-0.25, -0.2) is 0 Å². The molecule has 0 radical (unpaired) electrons. The summed E-state index contributed by atoms with van der Waals surface area (Å²) < 4.78 is 5.75. The van der Waals surface area contributed by atoms with Gasteiger partial charge in [0.25, 0.3) is 0 Å². The first-order chi connectivity index (χ1) is 9.58. The van der Waals surface area contributed by atoms with Crippen molar-refractivity contribution < 1.29 is 9.53 Å². The van der Waals surface area contributed by atoms with E-state index >= 15 is 0 Å². The Morgan fingerprint density at radius 2 is 2.19 bits per heavy atom. The zero-order valence-corrected chi connectivity index (χ0v) is 13.8. The van der Waals surface area contributed by atoms with Gasteiger partial charge in [0, 0.05) is 25.7 Å². The van der Waals surface area contributed by atoms with Gasteiger partial charge in [0.05, 0.1) is 13.0 Å². The van der Waals surface area contributed by atoms with Crippen LogP contribution in [0.5, 0.6) is 5.75 Å². The van der Waals surface area contributed by atoms with Crippen molar-refractivity contribution in [2.45, 2.75) is 33.2 Å². The number of benzene rings is 1. The Balaban J connectivity index is 0.00000220. The van der Waals surface area contributed by atoms with E-state index in [1.165, 1.54) is 5.56 Å². The average molecular weight is 313 g/mol. The molecule has 0 unspecified atom stereocenters. The number of halogens is 1. The summed E-state index contributed by atoms with van der Waals surface area (Å²) in [6.45, 7) is 9.14. The molecule has 2 rings (SSSR count). The average Bonchev–Trinajstić information content (AvgIpc) is 2.43.